The van der Waals surface area contributed by atoms with Gasteiger partial charge in [-0.2, -0.15) is 12.6 Å². The molecule has 3 unspecified atom stereocenters. The summed E-state index contributed by atoms with van der Waals surface area (Å²) >= 11 is 3.85. The number of amides is 3. The van der Waals surface area contributed by atoms with E-state index < -0.39 is 48.4 Å². The zero-order valence-corrected chi connectivity index (χ0v) is 19.3. The number of aliphatic carboxylic acids is 1. The maximum atomic E-state index is 12.7. The van der Waals surface area contributed by atoms with Crippen LogP contribution in [-0.2, 0) is 25.6 Å². The summed E-state index contributed by atoms with van der Waals surface area (Å²) < 4.78 is 0. The normalized spacial score (nSPS) is 13.1. The van der Waals surface area contributed by atoms with Crippen molar-refractivity contribution in [3.63, 3.8) is 0 Å². The van der Waals surface area contributed by atoms with Crippen LogP contribution in [0.25, 0.3) is 0 Å². The summed E-state index contributed by atoms with van der Waals surface area (Å²) in [5, 5.41) is 25.6. The number of carboxylic acid groups (broad SMARTS) is 1. The van der Waals surface area contributed by atoms with E-state index in [1.165, 1.54) is 12.1 Å². The number of carboxylic acids is 1. The molecule has 0 aliphatic heterocycles. The lowest BCUT2D eigenvalue weighted by molar-refractivity contribution is -0.141. The van der Waals surface area contributed by atoms with Gasteiger partial charge in [-0.1, -0.05) is 12.1 Å². The second-order valence-corrected chi connectivity index (χ2v) is 7.71. The number of hydrogen-bond acceptors (Lipinski definition) is 8. The van der Waals surface area contributed by atoms with Crippen LogP contribution in [0.2, 0.25) is 0 Å². The molecule has 11 N–H and O–H groups in total. The number of guanidine groups is 1. The molecule has 0 aromatic heterocycles. The van der Waals surface area contributed by atoms with Gasteiger partial charge in [0.2, 0.25) is 17.7 Å². The van der Waals surface area contributed by atoms with Gasteiger partial charge in [-0.15, -0.1) is 0 Å². The Morgan fingerprint density at radius 1 is 1.03 bits per heavy atom. The molecule has 0 aliphatic carbocycles. The van der Waals surface area contributed by atoms with Crippen LogP contribution in [0, 0.1) is 0 Å². The molecule has 0 aliphatic rings. The van der Waals surface area contributed by atoms with Crippen LogP contribution >= 0.6 is 12.6 Å². The fraction of sp³-hybridized carbons (Fsp3) is 0.450. The van der Waals surface area contributed by atoms with Crippen LogP contribution in [0.3, 0.4) is 0 Å². The van der Waals surface area contributed by atoms with Gasteiger partial charge >= 0.3 is 5.97 Å². The van der Waals surface area contributed by atoms with Crippen molar-refractivity contribution in [2.75, 3.05) is 18.8 Å². The Kier molecular flexibility index (Phi) is 12.2. The van der Waals surface area contributed by atoms with E-state index in [2.05, 4.69) is 33.6 Å². The first-order valence-corrected chi connectivity index (χ1v) is 11.0. The molecule has 0 bridgehead atoms. The van der Waals surface area contributed by atoms with E-state index >= 15 is 0 Å². The summed E-state index contributed by atoms with van der Waals surface area (Å²) in [4.78, 5) is 52.1. The molecule has 13 nitrogen and oxygen atoms in total. The Labute approximate surface area is 201 Å². The topological polar surface area (TPSA) is 235 Å². The molecule has 0 spiro atoms. The Hall–Kier alpha value is -3.52. The molecular formula is C20H31N7O6S. The van der Waals surface area contributed by atoms with E-state index in [1.54, 1.807) is 12.1 Å². The van der Waals surface area contributed by atoms with Gasteiger partial charge in [-0.05, 0) is 30.5 Å². The minimum Gasteiger partial charge on any atom is -0.508 e. The van der Waals surface area contributed by atoms with E-state index in [-0.39, 0.29) is 30.3 Å². The van der Waals surface area contributed by atoms with Crippen molar-refractivity contribution in [2.45, 2.75) is 37.4 Å². The minimum atomic E-state index is -1.26. The highest BCUT2D eigenvalue weighted by Gasteiger charge is 2.25. The standard InChI is InChI=1S/C20H31N7O6S/c21-13(2-1-7-24-20(22)23)17(30)27-14(8-11-3-5-12(28)6-4-11)18(31)25-9-16(29)26-15(10-34)19(32)33/h3-6,13-15,28,34H,1-2,7-10,21H2,(H,25,31)(H,26,29)(H,27,30)(H,32,33)(H4,22,23,24). The van der Waals surface area contributed by atoms with E-state index in [9.17, 15) is 24.3 Å². The predicted octanol–water partition coefficient (Wildman–Crippen LogP) is -2.58. The molecule has 188 valence electrons. The average Bonchev–Trinajstić information content (AvgIpc) is 2.78. The molecule has 0 heterocycles. The second-order valence-electron chi connectivity index (χ2n) is 7.35. The van der Waals surface area contributed by atoms with Crippen molar-refractivity contribution >= 4 is 42.3 Å². The van der Waals surface area contributed by atoms with Crippen LogP contribution in [-0.4, -0.2) is 76.8 Å². The van der Waals surface area contributed by atoms with Crippen molar-refractivity contribution in [2.24, 2.45) is 22.2 Å². The lowest BCUT2D eigenvalue weighted by Gasteiger charge is -2.21. The Morgan fingerprint density at radius 3 is 2.24 bits per heavy atom. The number of aliphatic imine (C=N–C) groups is 1. The average molecular weight is 498 g/mol. The molecule has 1 rings (SSSR count). The summed E-state index contributed by atoms with van der Waals surface area (Å²) in [6.45, 7) is -0.220. The molecule has 34 heavy (non-hydrogen) atoms. The number of hydrogen-bond donors (Lipinski definition) is 9. The quantitative estimate of drug-likeness (QED) is 0.0567. The van der Waals surface area contributed by atoms with Crippen LogP contribution in [0.15, 0.2) is 29.3 Å². The van der Waals surface area contributed by atoms with Crippen LogP contribution in [0.5, 0.6) is 5.75 Å². The van der Waals surface area contributed by atoms with Gasteiger partial charge in [0.25, 0.3) is 0 Å². The number of phenols is 1. The maximum Gasteiger partial charge on any atom is 0.327 e. The van der Waals surface area contributed by atoms with Gasteiger partial charge in [-0.3, -0.25) is 19.4 Å². The third kappa shape index (κ3) is 10.9. The molecule has 0 saturated heterocycles. The number of nitrogens with one attached hydrogen (secondary N) is 3. The largest absolute Gasteiger partial charge is 0.508 e. The number of phenolic OH excluding ortho intramolecular Hbond substituents is 1. The van der Waals surface area contributed by atoms with E-state index in [0.717, 1.165) is 0 Å². The molecule has 14 heteroatoms. The molecule has 3 amide bonds. The maximum absolute atomic E-state index is 12.7. The molecule has 1 aromatic rings. The SMILES string of the molecule is NC(N)=NCCCC(N)C(=O)NC(Cc1ccc(O)cc1)C(=O)NCC(=O)NC(CS)C(=O)O. The van der Waals surface area contributed by atoms with Gasteiger partial charge in [0.05, 0.1) is 12.6 Å². The predicted molar refractivity (Wildman–Crippen MR) is 128 cm³/mol. The number of nitrogens with zero attached hydrogens (tertiary/aromatic N) is 1. The smallest absolute Gasteiger partial charge is 0.327 e. The number of carbonyl (C=O) groups excluding carboxylic acids is 3. The highest BCUT2D eigenvalue weighted by atomic mass is 32.1. The fourth-order valence-electron chi connectivity index (χ4n) is 2.73. The number of benzene rings is 1. The van der Waals surface area contributed by atoms with Crippen molar-refractivity contribution in [3.05, 3.63) is 29.8 Å². The van der Waals surface area contributed by atoms with Crippen molar-refractivity contribution < 1.29 is 29.4 Å². The van der Waals surface area contributed by atoms with E-state index in [4.69, 9.17) is 22.3 Å². The number of nitrogens with two attached hydrogens (primary N) is 3. The first kappa shape index (κ1) is 28.5. The van der Waals surface area contributed by atoms with Crippen molar-refractivity contribution in [3.8, 4) is 5.75 Å². The van der Waals surface area contributed by atoms with Gasteiger partial charge in [0.1, 0.15) is 17.8 Å². The van der Waals surface area contributed by atoms with Crippen LogP contribution in [0.1, 0.15) is 18.4 Å². The highest BCUT2D eigenvalue weighted by Crippen LogP contribution is 2.12. The van der Waals surface area contributed by atoms with Gasteiger partial charge in [-0.25, -0.2) is 4.79 Å². The first-order chi connectivity index (χ1) is 16.0. The van der Waals surface area contributed by atoms with Crippen LogP contribution < -0.4 is 33.2 Å². The minimum absolute atomic E-state index is 0.0328. The number of thiol groups is 1. The third-order valence-corrected chi connectivity index (χ3v) is 4.92. The zero-order valence-electron chi connectivity index (χ0n) is 18.4. The fourth-order valence-corrected chi connectivity index (χ4v) is 2.98. The van der Waals surface area contributed by atoms with Crippen molar-refractivity contribution in [1.82, 2.24) is 16.0 Å². The lowest BCUT2D eigenvalue weighted by Crippen LogP contribution is -2.54. The summed E-state index contributed by atoms with van der Waals surface area (Å²) in [5.74, 6) is -3.43. The van der Waals surface area contributed by atoms with Crippen molar-refractivity contribution in [1.29, 1.82) is 0 Å². The summed E-state index contributed by atoms with van der Waals surface area (Å²) in [7, 11) is 0. The Morgan fingerprint density at radius 2 is 1.68 bits per heavy atom. The van der Waals surface area contributed by atoms with E-state index in [0.29, 0.717) is 18.5 Å². The molecular weight excluding hydrogens is 466 g/mol. The number of carbonyl (C=O) groups is 4. The summed E-state index contributed by atoms with van der Waals surface area (Å²) in [5.41, 5.74) is 17.0. The molecule has 0 radical (unpaired) electrons. The van der Waals surface area contributed by atoms with E-state index in [1.807, 2.05) is 0 Å². The number of rotatable bonds is 14. The monoisotopic (exact) mass is 497 g/mol. The highest BCUT2D eigenvalue weighted by molar-refractivity contribution is 7.80. The lowest BCUT2D eigenvalue weighted by atomic mass is 10.0. The Bertz CT molecular complexity index is 877. The molecule has 1 aromatic carbocycles. The summed E-state index contributed by atoms with van der Waals surface area (Å²) in [6, 6.07) is 2.78. The second kappa shape index (κ2) is 14.6. The molecule has 3 atom stereocenters. The zero-order chi connectivity index (χ0) is 25.7. The molecule has 0 saturated carbocycles. The summed E-state index contributed by atoms with van der Waals surface area (Å²) in [6.07, 6.45) is 0.755. The molecule has 0 fully saturated rings. The third-order valence-electron chi connectivity index (χ3n) is 4.55. The first-order valence-electron chi connectivity index (χ1n) is 10.3. The van der Waals surface area contributed by atoms with Gasteiger partial charge in [0.15, 0.2) is 5.96 Å². The number of aromatic hydroxyl groups is 1. The Balaban J connectivity index is 2.79. The van der Waals surface area contributed by atoms with Gasteiger partial charge in [0, 0.05) is 18.7 Å². The van der Waals surface area contributed by atoms with Gasteiger partial charge < -0.3 is 43.4 Å². The van der Waals surface area contributed by atoms with Crippen LogP contribution in [0.4, 0.5) is 0 Å².